The summed E-state index contributed by atoms with van der Waals surface area (Å²) in [6.45, 7) is 2.11. The molecule has 0 aliphatic heterocycles. The third kappa shape index (κ3) is 3.02. The second kappa shape index (κ2) is 4.89. The largest absolute Gasteiger partial charge is 0.466 e. The van der Waals surface area contributed by atoms with Crippen LogP contribution in [0, 0.1) is 0 Å². The number of ether oxygens (including phenoxy) is 1. The van der Waals surface area contributed by atoms with Gasteiger partial charge in [-0.2, -0.15) is 0 Å². The Bertz CT molecular complexity index is 357. The lowest BCUT2D eigenvalue weighted by Gasteiger charge is -2.07. The van der Waals surface area contributed by atoms with Crippen LogP contribution in [0.3, 0.4) is 0 Å². The third-order valence-electron chi connectivity index (χ3n) is 1.88. The van der Waals surface area contributed by atoms with Crippen LogP contribution in [0.25, 0.3) is 0 Å². The topological polar surface area (TPSA) is 78.3 Å². The summed E-state index contributed by atoms with van der Waals surface area (Å²) in [4.78, 5) is 11.2. The Balaban J connectivity index is 2.83. The normalized spacial score (nSPS) is 10.0. The molecule has 0 aliphatic carbocycles. The molecule has 0 amide bonds. The zero-order chi connectivity index (χ0) is 11.4. The van der Waals surface area contributed by atoms with Gasteiger partial charge in [-0.3, -0.25) is 4.79 Å². The van der Waals surface area contributed by atoms with Crippen molar-refractivity contribution in [3.8, 4) is 0 Å². The summed E-state index contributed by atoms with van der Waals surface area (Å²) in [5.41, 5.74) is 12.6. The van der Waals surface area contributed by atoms with Crippen LogP contribution in [0.15, 0.2) is 12.1 Å². The average molecular weight is 229 g/mol. The van der Waals surface area contributed by atoms with Crippen LogP contribution >= 0.6 is 11.6 Å². The van der Waals surface area contributed by atoms with E-state index in [-0.39, 0.29) is 12.4 Å². The first-order valence-corrected chi connectivity index (χ1v) is 4.91. The first-order chi connectivity index (χ1) is 7.04. The van der Waals surface area contributed by atoms with Crippen LogP contribution < -0.4 is 11.5 Å². The van der Waals surface area contributed by atoms with E-state index in [2.05, 4.69) is 0 Å². The minimum atomic E-state index is -0.308. The number of hydrogen-bond donors (Lipinski definition) is 2. The number of carbonyl (C=O) groups is 1. The quantitative estimate of drug-likeness (QED) is 0.609. The van der Waals surface area contributed by atoms with E-state index in [0.29, 0.717) is 28.6 Å². The number of anilines is 2. The molecule has 0 atom stereocenters. The van der Waals surface area contributed by atoms with E-state index < -0.39 is 0 Å². The Hall–Kier alpha value is -1.42. The maximum Gasteiger partial charge on any atom is 0.310 e. The molecule has 1 rings (SSSR count). The van der Waals surface area contributed by atoms with Gasteiger partial charge in [0.1, 0.15) is 0 Å². The van der Waals surface area contributed by atoms with Crippen molar-refractivity contribution in [2.45, 2.75) is 13.3 Å². The number of carbonyl (C=O) groups excluding carboxylic acids is 1. The van der Waals surface area contributed by atoms with Crippen molar-refractivity contribution in [3.05, 3.63) is 22.7 Å². The maximum absolute atomic E-state index is 11.2. The van der Waals surface area contributed by atoms with E-state index in [9.17, 15) is 4.79 Å². The second-order valence-corrected chi connectivity index (χ2v) is 3.47. The summed E-state index contributed by atoms with van der Waals surface area (Å²) >= 11 is 5.82. The van der Waals surface area contributed by atoms with Gasteiger partial charge in [-0.05, 0) is 24.6 Å². The Morgan fingerprint density at radius 1 is 1.47 bits per heavy atom. The summed E-state index contributed by atoms with van der Waals surface area (Å²) in [5, 5.41) is 0.356. The molecular weight excluding hydrogens is 216 g/mol. The van der Waals surface area contributed by atoms with Crippen molar-refractivity contribution in [1.82, 2.24) is 0 Å². The van der Waals surface area contributed by atoms with E-state index in [1.165, 1.54) is 0 Å². The number of halogens is 1. The van der Waals surface area contributed by atoms with Gasteiger partial charge in [0.2, 0.25) is 0 Å². The van der Waals surface area contributed by atoms with Crippen molar-refractivity contribution < 1.29 is 9.53 Å². The van der Waals surface area contributed by atoms with Gasteiger partial charge >= 0.3 is 5.97 Å². The van der Waals surface area contributed by atoms with Gasteiger partial charge in [-0.1, -0.05) is 11.6 Å². The Morgan fingerprint density at radius 2 is 2.13 bits per heavy atom. The highest BCUT2D eigenvalue weighted by Gasteiger charge is 2.08. The van der Waals surface area contributed by atoms with E-state index in [0.717, 1.165) is 0 Å². The SMILES string of the molecule is CCOC(=O)Cc1cc(N)c(N)c(Cl)c1. The molecule has 0 unspecified atom stereocenters. The minimum absolute atomic E-state index is 0.151. The molecule has 0 heterocycles. The molecule has 0 bridgehead atoms. The molecule has 0 aliphatic rings. The maximum atomic E-state index is 11.2. The monoisotopic (exact) mass is 228 g/mol. The number of nitrogens with two attached hydrogens (primary N) is 2. The molecule has 0 saturated heterocycles. The van der Waals surface area contributed by atoms with Gasteiger partial charge in [0, 0.05) is 0 Å². The zero-order valence-electron chi connectivity index (χ0n) is 8.42. The molecule has 4 N–H and O–H groups in total. The van der Waals surface area contributed by atoms with Gasteiger partial charge in [0.25, 0.3) is 0 Å². The fourth-order valence-corrected chi connectivity index (χ4v) is 1.43. The van der Waals surface area contributed by atoms with Gasteiger partial charge in [0.05, 0.1) is 29.4 Å². The Kier molecular flexibility index (Phi) is 3.80. The number of esters is 1. The number of benzene rings is 1. The third-order valence-corrected chi connectivity index (χ3v) is 2.19. The smallest absolute Gasteiger partial charge is 0.310 e. The van der Waals surface area contributed by atoms with Crippen molar-refractivity contribution >= 4 is 28.9 Å². The summed E-state index contributed by atoms with van der Waals surface area (Å²) in [7, 11) is 0. The van der Waals surface area contributed by atoms with E-state index in [4.69, 9.17) is 27.8 Å². The first-order valence-electron chi connectivity index (χ1n) is 4.53. The highest BCUT2D eigenvalue weighted by Crippen LogP contribution is 2.27. The first kappa shape index (κ1) is 11.7. The number of rotatable bonds is 3. The van der Waals surface area contributed by atoms with Crippen molar-refractivity contribution in [2.75, 3.05) is 18.1 Å². The molecule has 0 radical (unpaired) electrons. The zero-order valence-corrected chi connectivity index (χ0v) is 9.17. The number of hydrogen-bond acceptors (Lipinski definition) is 4. The Morgan fingerprint density at radius 3 is 2.67 bits per heavy atom. The standard InChI is InChI=1S/C10H13ClN2O2/c1-2-15-9(14)5-6-3-7(11)10(13)8(12)4-6/h3-4H,2,5,12-13H2,1H3. The van der Waals surface area contributed by atoms with Gasteiger partial charge < -0.3 is 16.2 Å². The molecule has 15 heavy (non-hydrogen) atoms. The molecule has 0 spiro atoms. The van der Waals surface area contributed by atoms with Gasteiger partial charge in [-0.15, -0.1) is 0 Å². The summed E-state index contributed by atoms with van der Waals surface area (Å²) < 4.78 is 4.80. The van der Waals surface area contributed by atoms with Gasteiger partial charge in [0.15, 0.2) is 0 Å². The van der Waals surface area contributed by atoms with Crippen molar-refractivity contribution in [1.29, 1.82) is 0 Å². The van der Waals surface area contributed by atoms with Gasteiger partial charge in [-0.25, -0.2) is 0 Å². The van der Waals surface area contributed by atoms with Crippen LogP contribution in [0.1, 0.15) is 12.5 Å². The lowest BCUT2D eigenvalue weighted by atomic mass is 10.1. The fourth-order valence-electron chi connectivity index (χ4n) is 1.18. The Labute approximate surface area is 93.1 Å². The summed E-state index contributed by atoms with van der Waals surface area (Å²) in [5.74, 6) is -0.308. The van der Waals surface area contributed by atoms with Crippen LogP contribution in [-0.2, 0) is 16.0 Å². The molecular formula is C10H13ClN2O2. The van der Waals surface area contributed by atoms with E-state index in [1.807, 2.05) is 0 Å². The molecule has 0 aromatic heterocycles. The molecule has 4 nitrogen and oxygen atoms in total. The van der Waals surface area contributed by atoms with Crippen molar-refractivity contribution in [3.63, 3.8) is 0 Å². The van der Waals surface area contributed by atoms with Crippen LogP contribution in [-0.4, -0.2) is 12.6 Å². The lowest BCUT2D eigenvalue weighted by Crippen LogP contribution is -2.08. The molecule has 0 saturated carbocycles. The van der Waals surface area contributed by atoms with E-state index in [1.54, 1.807) is 19.1 Å². The molecule has 0 fully saturated rings. The number of nitrogen functional groups attached to an aromatic ring is 2. The van der Waals surface area contributed by atoms with Crippen molar-refractivity contribution in [2.24, 2.45) is 0 Å². The predicted molar refractivity (Wildman–Crippen MR) is 60.6 cm³/mol. The average Bonchev–Trinajstić information content (AvgIpc) is 2.14. The summed E-state index contributed by atoms with van der Waals surface area (Å²) in [6, 6.07) is 3.24. The molecule has 1 aromatic carbocycles. The van der Waals surface area contributed by atoms with Crippen LogP contribution in [0.4, 0.5) is 11.4 Å². The molecule has 82 valence electrons. The highest BCUT2D eigenvalue weighted by molar-refractivity contribution is 6.33. The van der Waals surface area contributed by atoms with Crippen LogP contribution in [0.2, 0.25) is 5.02 Å². The summed E-state index contributed by atoms with van der Waals surface area (Å²) in [6.07, 6.45) is 0.151. The van der Waals surface area contributed by atoms with Crippen LogP contribution in [0.5, 0.6) is 0 Å². The highest BCUT2D eigenvalue weighted by atomic mass is 35.5. The molecule has 5 heteroatoms. The predicted octanol–water partition coefficient (Wildman–Crippen LogP) is 1.61. The molecule has 1 aromatic rings. The second-order valence-electron chi connectivity index (χ2n) is 3.06. The lowest BCUT2D eigenvalue weighted by molar-refractivity contribution is -0.142. The minimum Gasteiger partial charge on any atom is -0.466 e. The van der Waals surface area contributed by atoms with E-state index >= 15 is 0 Å². The fraction of sp³-hybridized carbons (Fsp3) is 0.300.